The number of nitrogens with one attached hydrogen (secondary N) is 2. The van der Waals surface area contributed by atoms with Crippen LogP contribution in [0.3, 0.4) is 0 Å². The van der Waals surface area contributed by atoms with E-state index in [0.29, 0.717) is 4.77 Å². The molecular weight excluding hydrogens is 304 g/mol. The van der Waals surface area contributed by atoms with E-state index in [1.54, 1.807) is 6.07 Å². The maximum atomic E-state index is 11.3. The SMILES string of the molecule is CCCCCCCCCCCCCCCc1cc(=O)[nH]c(=S)[nH]1. The van der Waals surface area contributed by atoms with Crippen LogP contribution in [0.4, 0.5) is 0 Å². The Bertz CT molecular complexity index is 478. The number of hydrogen-bond acceptors (Lipinski definition) is 2. The maximum Gasteiger partial charge on any atom is 0.251 e. The van der Waals surface area contributed by atoms with Gasteiger partial charge in [-0.05, 0) is 25.1 Å². The lowest BCUT2D eigenvalue weighted by Gasteiger charge is -2.03. The second-order valence-electron chi connectivity index (χ2n) is 6.61. The molecule has 2 N–H and O–H groups in total. The molecule has 0 unspecified atom stereocenters. The van der Waals surface area contributed by atoms with Crippen LogP contribution in [0, 0.1) is 4.77 Å². The fraction of sp³-hybridized carbons (Fsp3) is 0.789. The molecule has 1 rings (SSSR count). The van der Waals surface area contributed by atoms with E-state index in [9.17, 15) is 4.79 Å². The Morgan fingerprint density at radius 2 is 1.26 bits per heavy atom. The second kappa shape index (κ2) is 13.5. The summed E-state index contributed by atoms with van der Waals surface area (Å²) in [7, 11) is 0. The number of aromatic amines is 2. The lowest BCUT2D eigenvalue weighted by Crippen LogP contribution is -2.08. The minimum atomic E-state index is -0.0987. The van der Waals surface area contributed by atoms with E-state index >= 15 is 0 Å². The first kappa shape index (κ1) is 20.1. The standard InChI is InChI=1S/C19H34N2OS/c1-2-3-4-5-6-7-8-9-10-11-12-13-14-15-17-16-18(22)21-19(23)20-17/h16H,2-15H2,1H3,(H2,20,21,22,23). The van der Waals surface area contributed by atoms with Crippen LogP contribution < -0.4 is 5.56 Å². The third-order valence-electron chi connectivity index (χ3n) is 4.37. The van der Waals surface area contributed by atoms with Gasteiger partial charge in [-0.3, -0.25) is 9.78 Å². The number of rotatable bonds is 14. The summed E-state index contributed by atoms with van der Waals surface area (Å²) in [6, 6.07) is 1.62. The Labute approximate surface area is 146 Å². The number of H-pyrrole nitrogens is 2. The van der Waals surface area contributed by atoms with E-state index in [4.69, 9.17) is 12.2 Å². The van der Waals surface area contributed by atoms with Gasteiger partial charge in [-0.2, -0.15) is 0 Å². The molecular formula is C19H34N2OS. The molecule has 0 atom stereocenters. The van der Waals surface area contributed by atoms with Gasteiger partial charge >= 0.3 is 0 Å². The molecule has 0 bridgehead atoms. The van der Waals surface area contributed by atoms with Gasteiger partial charge in [-0.15, -0.1) is 0 Å². The highest BCUT2D eigenvalue weighted by molar-refractivity contribution is 7.71. The van der Waals surface area contributed by atoms with E-state index in [1.807, 2.05) is 0 Å². The predicted octanol–water partition coefficient (Wildman–Crippen LogP) is 6.07. The van der Waals surface area contributed by atoms with Crippen LogP contribution in [-0.4, -0.2) is 9.97 Å². The molecule has 3 nitrogen and oxygen atoms in total. The summed E-state index contributed by atoms with van der Waals surface area (Å²) in [6.45, 7) is 2.27. The first-order valence-electron chi connectivity index (χ1n) is 9.55. The summed E-state index contributed by atoms with van der Waals surface area (Å²) in [5.41, 5.74) is 0.861. The Morgan fingerprint density at radius 3 is 1.74 bits per heavy atom. The molecule has 1 aromatic heterocycles. The van der Waals surface area contributed by atoms with Crippen molar-refractivity contribution in [1.29, 1.82) is 0 Å². The molecule has 0 amide bonds. The van der Waals surface area contributed by atoms with Crippen LogP contribution >= 0.6 is 12.2 Å². The number of aryl methyl sites for hydroxylation is 1. The minimum absolute atomic E-state index is 0.0987. The maximum absolute atomic E-state index is 11.3. The lowest BCUT2D eigenvalue weighted by molar-refractivity contribution is 0.539. The first-order chi connectivity index (χ1) is 11.2. The molecule has 0 aromatic carbocycles. The molecule has 0 fully saturated rings. The van der Waals surface area contributed by atoms with Crippen LogP contribution in [-0.2, 0) is 6.42 Å². The van der Waals surface area contributed by atoms with Gasteiger partial charge in [0.2, 0.25) is 0 Å². The Morgan fingerprint density at radius 1 is 0.783 bits per heavy atom. The van der Waals surface area contributed by atoms with Gasteiger partial charge in [-0.1, -0.05) is 84.0 Å². The van der Waals surface area contributed by atoms with Crippen molar-refractivity contribution < 1.29 is 0 Å². The van der Waals surface area contributed by atoms with E-state index in [1.165, 1.54) is 77.0 Å². The average Bonchev–Trinajstić information content (AvgIpc) is 2.51. The second-order valence-corrected chi connectivity index (χ2v) is 7.01. The first-order valence-corrected chi connectivity index (χ1v) is 9.95. The van der Waals surface area contributed by atoms with Crippen LogP contribution in [0.25, 0.3) is 0 Å². The third-order valence-corrected chi connectivity index (χ3v) is 4.57. The van der Waals surface area contributed by atoms with Crippen molar-refractivity contribution in [2.24, 2.45) is 0 Å². The summed E-state index contributed by atoms with van der Waals surface area (Å²) in [6.07, 6.45) is 18.6. The van der Waals surface area contributed by atoms with Gasteiger partial charge in [0.25, 0.3) is 5.56 Å². The van der Waals surface area contributed by atoms with E-state index < -0.39 is 0 Å². The van der Waals surface area contributed by atoms with Gasteiger partial charge in [0, 0.05) is 11.8 Å². The van der Waals surface area contributed by atoms with E-state index in [0.717, 1.165) is 18.5 Å². The Balaban J connectivity index is 1.88. The molecule has 23 heavy (non-hydrogen) atoms. The zero-order valence-electron chi connectivity index (χ0n) is 14.8. The van der Waals surface area contributed by atoms with Crippen LogP contribution in [0.1, 0.15) is 96.1 Å². The van der Waals surface area contributed by atoms with E-state index in [-0.39, 0.29) is 5.56 Å². The summed E-state index contributed by atoms with van der Waals surface area (Å²) >= 11 is 4.98. The molecule has 0 saturated heterocycles. The fourth-order valence-corrected chi connectivity index (χ4v) is 3.22. The third kappa shape index (κ3) is 11.3. The molecule has 1 heterocycles. The molecule has 0 aliphatic heterocycles. The highest BCUT2D eigenvalue weighted by Crippen LogP contribution is 2.13. The molecule has 0 saturated carbocycles. The van der Waals surface area contributed by atoms with Gasteiger partial charge in [0.05, 0.1) is 0 Å². The molecule has 0 aliphatic carbocycles. The van der Waals surface area contributed by atoms with Crippen molar-refractivity contribution in [2.75, 3.05) is 0 Å². The molecule has 1 aromatic rings. The Kier molecular flexibility index (Phi) is 11.9. The Hall–Kier alpha value is -0.900. The average molecular weight is 339 g/mol. The zero-order chi connectivity index (χ0) is 16.8. The summed E-state index contributed by atoms with van der Waals surface area (Å²) in [4.78, 5) is 16.9. The van der Waals surface area contributed by atoms with Crippen LogP contribution in [0.15, 0.2) is 10.9 Å². The highest BCUT2D eigenvalue weighted by Gasteiger charge is 1.97. The van der Waals surface area contributed by atoms with Crippen LogP contribution in [0.5, 0.6) is 0 Å². The van der Waals surface area contributed by atoms with Crippen molar-refractivity contribution in [3.8, 4) is 0 Å². The number of unbranched alkanes of at least 4 members (excludes halogenated alkanes) is 12. The molecule has 132 valence electrons. The lowest BCUT2D eigenvalue weighted by atomic mass is 10.0. The fourth-order valence-electron chi connectivity index (χ4n) is 2.99. The van der Waals surface area contributed by atoms with Crippen molar-refractivity contribution in [3.63, 3.8) is 0 Å². The van der Waals surface area contributed by atoms with Crippen molar-refractivity contribution in [1.82, 2.24) is 9.97 Å². The van der Waals surface area contributed by atoms with Gasteiger partial charge in [0.1, 0.15) is 0 Å². The monoisotopic (exact) mass is 338 g/mol. The van der Waals surface area contributed by atoms with Crippen molar-refractivity contribution in [3.05, 3.63) is 26.9 Å². The number of hydrogen-bond donors (Lipinski definition) is 2. The normalized spacial score (nSPS) is 11.0. The molecule has 0 radical (unpaired) electrons. The van der Waals surface area contributed by atoms with Crippen LogP contribution in [0.2, 0.25) is 0 Å². The minimum Gasteiger partial charge on any atom is -0.336 e. The molecule has 4 heteroatoms. The molecule has 0 aliphatic rings. The zero-order valence-corrected chi connectivity index (χ0v) is 15.6. The van der Waals surface area contributed by atoms with Crippen molar-refractivity contribution >= 4 is 12.2 Å². The van der Waals surface area contributed by atoms with Gasteiger partial charge in [0.15, 0.2) is 4.77 Å². The quantitative estimate of drug-likeness (QED) is 0.319. The largest absolute Gasteiger partial charge is 0.336 e. The predicted molar refractivity (Wildman–Crippen MR) is 102 cm³/mol. The summed E-state index contributed by atoms with van der Waals surface area (Å²) in [5.74, 6) is 0. The van der Waals surface area contributed by atoms with E-state index in [2.05, 4.69) is 16.9 Å². The number of aromatic nitrogens is 2. The summed E-state index contributed by atoms with van der Waals surface area (Å²) in [5, 5.41) is 0. The van der Waals surface area contributed by atoms with Gasteiger partial charge in [-0.25, -0.2) is 0 Å². The topological polar surface area (TPSA) is 48.6 Å². The molecule has 0 spiro atoms. The van der Waals surface area contributed by atoms with Crippen molar-refractivity contribution in [2.45, 2.75) is 96.8 Å². The van der Waals surface area contributed by atoms with Gasteiger partial charge < -0.3 is 4.98 Å². The highest BCUT2D eigenvalue weighted by atomic mass is 32.1. The smallest absolute Gasteiger partial charge is 0.251 e. The summed E-state index contributed by atoms with van der Waals surface area (Å²) < 4.78 is 0.433.